The van der Waals surface area contributed by atoms with Crippen LogP contribution in [-0.4, -0.2) is 40.9 Å². The molecule has 11 heteroatoms. The maximum atomic E-state index is 12.7. The molecule has 0 amide bonds. The van der Waals surface area contributed by atoms with Crippen molar-refractivity contribution in [1.29, 1.82) is 0 Å². The van der Waals surface area contributed by atoms with Crippen LogP contribution in [0.3, 0.4) is 0 Å². The molecule has 132 valence electrons. The van der Waals surface area contributed by atoms with Crippen LogP contribution in [0, 0.1) is 6.92 Å². The summed E-state index contributed by atoms with van der Waals surface area (Å²) >= 11 is 0. The molecule has 10 nitrogen and oxygen atoms in total. The number of ether oxygens (including phenoxy) is 1. The number of tetrazole rings is 1. The van der Waals surface area contributed by atoms with E-state index >= 15 is 0 Å². The number of aryl methyl sites for hydroxylation is 2. The number of nitrogens with one attached hydrogen (secondary N) is 1. The fourth-order valence-corrected chi connectivity index (χ4v) is 3.44. The Balaban J connectivity index is 2.06. The average molecular weight is 364 g/mol. The lowest BCUT2D eigenvalue weighted by molar-refractivity contribution is 0.399. The van der Waals surface area contributed by atoms with E-state index in [-0.39, 0.29) is 16.5 Å². The molecule has 3 aromatic rings. The molecule has 0 saturated carbocycles. The molecule has 0 aliphatic carbocycles. The molecule has 3 rings (SSSR count). The minimum absolute atomic E-state index is 0.0567. The van der Waals surface area contributed by atoms with E-state index in [4.69, 9.17) is 9.26 Å². The van der Waals surface area contributed by atoms with Crippen LogP contribution in [0.5, 0.6) is 5.75 Å². The Bertz CT molecular complexity index is 994. The van der Waals surface area contributed by atoms with Gasteiger partial charge in [-0.2, -0.15) is 0 Å². The molecular formula is C14H16N6O4S. The Morgan fingerprint density at radius 3 is 2.76 bits per heavy atom. The summed E-state index contributed by atoms with van der Waals surface area (Å²) < 4.78 is 39.5. The smallest absolute Gasteiger partial charge is 0.266 e. The van der Waals surface area contributed by atoms with Gasteiger partial charge in [0.15, 0.2) is 11.6 Å². The van der Waals surface area contributed by atoms with Crippen molar-refractivity contribution in [3.8, 4) is 17.1 Å². The Morgan fingerprint density at radius 2 is 2.12 bits per heavy atom. The third kappa shape index (κ3) is 3.31. The van der Waals surface area contributed by atoms with Crippen LogP contribution in [0.1, 0.15) is 12.7 Å². The zero-order valence-electron chi connectivity index (χ0n) is 13.8. The maximum Gasteiger partial charge on any atom is 0.266 e. The van der Waals surface area contributed by atoms with E-state index in [2.05, 4.69) is 25.4 Å². The number of aromatic nitrogens is 5. The van der Waals surface area contributed by atoms with E-state index < -0.39 is 10.0 Å². The molecule has 2 aromatic heterocycles. The second kappa shape index (κ2) is 6.51. The van der Waals surface area contributed by atoms with Crippen LogP contribution < -0.4 is 9.46 Å². The van der Waals surface area contributed by atoms with Crippen LogP contribution in [-0.2, 0) is 16.6 Å². The number of anilines is 1. The monoisotopic (exact) mass is 364 g/mol. The van der Waals surface area contributed by atoms with Crippen LogP contribution in [0.15, 0.2) is 33.7 Å². The Hall–Kier alpha value is -2.95. The van der Waals surface area contributed by atoms with Crippen LogP contribution >= 0.6 is 0 Å². The molecule has 0 atom stereocenters. The number of benzene rings is 1. The molecule has 0 fully saturated rings. The first-order chi connectivity index (χ1) is 11.9. The number of methoxy groups -OCH3 is 1. The van der Waals surface area contributed by atoms with E-state index in [9.17, 15) is 8.42 Å². The van der Waals surface area contributed by atoms with Crippen molar-refractivity contribution in [2.45, 2.75) is 25.3 Å². The molecule has 0 unspecified atom stereocenters. The van der Waals surface area contributed by atoms with Crippen molar-refractivity contribution < 1.29 is 17.7 Å². The van der Waals surface area contributed by atoms with Gasteiger partial charge in [0, 0.05) is 18.2 Å². The number of rotatable bonds is 6. The van der Waals surface area contributed by atoms with Gasteiger partial charge in [-0.1, -0.05) is 5.16 Å². The van der Waals surface area contributed by atoms with Crippen molar-refractivity contribution in [2.75, 3.05) is 11.8 Å². The minimum Gasteiger partial charge on any atom is -0.495 e. The van der Waals surface area contributed by atoms with Crippen molar-refractivity contribution in [1.82, 2.24) is 25.4 Å². The van der Waals surface area contributed by atoms with Gasteiger partial charge in [0.2, 0.25) is 0 Å². The van der Waals surface area contributed by atoms with Gasteiger partial charge in [0.25, 0.3) is 10.0 Å². The Labute approximate surface area is 143 Å². The third-order valence-electron chi connectivity index (χ3n) is 3.41. The second-order valence-corrected chi connectivity index (χ2v) is 6.76. The first-order valence-electron chi connectivity index (χ1n) is 7.35. The fraction of sp³-hybridized carbons (Fsp3) is 0.286. The molecule has 25 heavy (non-hydrogen) atoms. The Kier molecular flexibility index (Phi) is 4.40. The van der Waals surface area contributed by atoms with Gasteiger partial charge in [0.05, 0.1) is 7.11 Å². The molecule has 0 aliphatic rings. The number of hydrogen-bond acceptors (Lipinski definition) is 8. The quantitative estimate of drug-likeness (QED) is 0.697. The molecule has 0 spiro atoms. The van der Waals surface area contributed by atoms with Crippen molar-refractivity contribution in [3.63, 3.8) is 0 Å². The van der Waals surface area contributed by atoms with Crippen molar-refractivity contribution >= 4 is 15.8 Å². The summed E-state index contributed by atoms with van der Waals surface area (Å²) in [5, 5.41) is 15.1. The molecule has 0 aliphatic heterocycles. The number of hydrogen-bond donors (Lipinski definition) is 1. The van der Waals surface area contributed by atoms with E-state index in [1.807, 2.05) is 6.92 Å². The summed E-state index contributed by atoms with van der Waals surface area (Å²) in [7, 11) is -2.56. The van der Waals surface area contributed by atoms with E-state index in [1.165, 1.54) is 19.2 Å². The normalized spacial score (nSPS) is 11.5. The average Bonchev–Trinajstić information content (AvgIpc) is 3.22. The zero-order chi connectivity index (χ0) is 18.0. The lowest BCUT2D eigenvalue weighted by Gasteiger charge is -2.11. The first-order valence-corrected chi connectivity index (χ1v) is 8.83. The molecule has 0 radical (unpaired) electrons. The van der Waals surface area contributed by atoms with Gasteiger partial charge in [-0.05, 0) is 42.5 Å². The van der Waals surface area contributed by atoms with Gasteiger partial charge in [-0.3, -0.25) is 4.72 Å². The van der Waals surface area contributed by atoms with Crippen molar-refractivity contribution in [2.24, 2.45) is 0 Å². The maximum absolute atomic E-state index is 12.7. The minimum atomic E-state index is -3.95. The summed E-state index contributed by atoms with van der Waals surface area (Å²) in [6.07, 6.45) is 0. The van der Waals surface area contributed by atoms with E-state index in [1.54, 1.807) is 23.7 Å². The highest BCUT2D eigenvalue weighted by Crippen LogP contribution is 2.30. The topological polar surface area (TPSA) is 125 Å². The lowest BCUT2D eigenvalue weighted by Crippen LogP contribution is -2.14. The van der Waals surface area contributed by atoms with E-state index in [0.29, 0.717) is 23.7 Å². The molecule has 1 N–H and O–H groups in total. The van der Waals surface area contributed by atoms with E-state index in [0.717, 1.165) is 0 Å². The highest BCUT2D eigenvalue weighted by Gasteiger charge is 2.23. The molecule has 2 heterocycles. The predicted octanol–water partition coefficient (Wildman–Crippen LogP) is 1.47. The van der Waals surface area contributed by atoms with Crippen LogP contribution in [0.2, 0.25) is 0 Å². The van der Waals surface area contributed by atoms with Gasteiger partial charge in [-0.15, -0.1) is 5.10 Å². The second-order valence-electron chi connectivity index (χ2n) is 5.11. The summed E-state index contributed by atoms with van der Waals surface area (Å²) in [6, 6.07) is 6.17. The summed E-state index contributed by atoms with van der Waals surface area (Å²) in [5.41, 5.74) is 0.546. The van der Waals surface area contributed by atoms with Gasteiger partial charge in [-0.25, -0.2) is 13.1 Å². The van der Waals surface area contributed by atoms with Crippen LogP contribution in [0.25, 0.3) is 11.4 Å². The molecule has 1 aromatic carbocycles. The first kappa shape index (κ1) is 16.9. The fourth-order valence-electron chi connectivity index (χ4n) is 2.26. The third-order valence-corrected chi connectivity index (χ3v) is 4.79. The largest absolute Gasteiger partial charge is 0.495 e. The van der Waals surface area contributed by atoms with Gasteiger partial charge < -0.3 is 9.26 Å². The zero-order valence-corrected chi connectivity index (χ0v) is 14.6. The summed E-state index contributed by atoms with van der Waals surface area (Å²) in [5.74, 6) is 1.22. The van der Waals surface area contributed by atoms with Crippen LogP contribution in [0.4, 0.5) is 5.82 Å². The van der Waals surface area contributed by atoms with Gasteiger partial charge >= 0.3 is 0 Å². The summed E-state index contributed by atoms with van der Waals surface area (Å²) in [6.45, 7) is 4.10. The SMILES string of the molecule is CCn1nnnc1-c1ccc(OC)c(S(=O)(=O)Nc2cc(C)on2)c1. The number of nitrogens with zero attached hydrogens (tertiary/aromatic N) is 5. The Morgan fingerprint density at radius 1 is 1.32 bits per heavy atom. The number of sulfonamides is 1. The molecule has 0 bridgehead atoms. The van der Waals surface area contributed by atoms with Crippen molar-refractivity contribution in [3.05, 3.63) is 30.0 Å². The predicted molar refractivity (Wildman–Crippen MR) is 87.5 cm³/mol. The highest BCUT2D eigenvalue weighted by molar-refractivity contribution is 7.92. The molecular weight excluding hydrogens is 348 g/mol. The summed E-state index contributed by atoms with van der Waals surface area (Å²) in [4.78, 5) is -0.0567. The van der Waals surface area contributed by atoms with Gasteiger partial charge in [0.1, 0.15) is 16.4 Å². The standard InChI is InChI=1S/C14H16N6O4S/c1-4-20-14(15-18-19-20)10-5-6-11(23-3)12(8-10)25(21,22)17-13-7-9(2)24-16-13/h5-8H,4H2,1-3H3,(H,16,17). The lowest BCUT2D eigenvalue weighted by atomic mass is 10.2. The highest BCUT2D eigenvalue weighted by atomic mass is 32.2. The molecule has 0 saturated heterocycles.